The summed E-state index contributed by atoms with van der Waals surface area (Å²) in [6.45, 7) is 3.07. The molecule has 1 atom stereocenters. The normalized spacial score (nSPS) is 16.6. The van der Waals surface area contributed by atoms with Crippen LogP contribution < -0.4 is 10.2 Å². The number of hydrogen-bond donors (Lipinski definition) is 3. The largest absolute Gasteiger partial charge is 0.478 e. The number of anilines is 2. The lowest BCUT2D eigenvalue weighted by Gasteiger charge is -2.29. The Morgan fingerprint density at radius 2 is 2.14 bits per heavy atom. The zero-order valence-electron chi connectivity index (χ0n) is 11.6. The second-order valence-corrected chi connectivity index (χ2v) is 5.13. The van der Waals surface area contributed by atoms with Gasteiger partial charge >= 0.3 is 5.97 Å². The number of carbonyl (C=O) groups is 1. The molecule has 116 valence electrons. The molecule has 2 rings (SSSR count). The molecule has 1 unspecified atom stereocenters. The number of benzene rings is 1. The number of hydrogen-bond acceptors (Lipinski definition) is 5. The van der Waals surface area contributed by atoms with Crippen LogP contribution in [0.4, 0.5) is 11.4 Å². The molecule has 0 aliphatic carbocycles. The highest BCUT2D eigenvalue weighted by Gasteiger charge is 2.16. The van der Waals surface area contributed by atoms with Crippen molar-refractivity contribution in [3.63, 3.8) is 0 Å². The highest BCUT2D eigenvalue weighted by molar-refractivity contribution is 6.18. The summed E-state index contributed by atoms with van der Waals surface area (Å²) >= 11 is 5.55. The summed E-state index contributed by atoms with van der Waals surface area (Å²) < 4.78 is 5.31. The fourth-order valence-corrected chi connectivity index (χ4v) is 2.27. The first kappa shape index (κ1) is 15.9. The molecule has 0 radical (unpaired) electrons. The zero-order valence-corrected chi connectivity index (χ0v) is 12.3. The van der Waals surface area contributed by atoms with Gasteiger partial charge in [0.05, 0.1) is 36.4 Å². The maximum atomic E-state index is 11.3. The molecule has 0 bridgehead atoms. The number of morpholine rings is 1. The third-order valence-corrected chi connectivity index (χ3v) is 3.67. The van der Waals surface area contributed by atoms with Gasteiger partial charge in [-0.15, -0.1) is 11.6 Å². The van der Waals surface area contributed by atoms with Crippen molar-refractivity contribution < 1.29 is 19.7 Å². The van der Waals surface area contributed by atoms with Gasteiger partial charge in [0.2, 0.25) is 0 Å². The topological polar surface area (TPSA) is 82.0 Å². The zero-order chi connectivity index (χ0) is 15.2. The van der Waals surface area contributed by atoms with Crippen molar-refractivity contribution in [3.8, 4) is 0 Å². The van der Waals surface area contributed by atoms with Crippen LogP contribution in [0.2, 0.25) is 0 Å². The van der Waals surface area contributed by atoms with Gasteiger partial charge in [0.15, 0.2) is 0 Å². The van der Waals surface area contributed by atoms with Crippen LogP contribution in [0.15, 0.2) is 18.2 Å². The number of carboxylic acids is 1. The summed E-state index contributed by atoms with van der Waals surface area (Å²) in [5, 5.41) is 21.7. The van der Waals surface area contributed by atoms with E-state index in [4.69, 9.17) is 16.3 Å². The van der Waals surface area contributed by atoms with E-state index in [1.807, 2.05) is 0 Å². The van der Waals surface area contributed by atoms with Gasteiger partial charge in [-0.05, 0) is 18.2 Å². The summed E-state index contributed by atoms with van der Waals surface area (Å²) in [5.41, 5.74) is 1.59. The summed E-state index contributed by atoms with van der Waals surface area (Å²) in [6, 6.07) is 5.15. The van der Waals surface area contributed by atoms with E-state index in [0.717, 1.165) is 18.8 Å². The molecule has 1 aromatic carbocycles. The highest BCUT2D eigenvalue weighted by Crippen LogP contribution is 2.25. The standard InChI is InChI=1S/C14H19ClN2O4/c15-8-11(18)9-16-13-7-10(1-2-12(13)14(19)20)17-3-5-21-6-4-17/h1-2,7,11,16,18H,3-6,8-9H2,(H,19,20). The Balaban J connectivity index is 2.18. The first-order chi connectivity index (χ1) is 10.1. The second-order valence-electron chi connectivity index (χ2n) is 4.82. The van der Waals surface area contributed by atoms with Gasteiger partial charge in [0.1, 0.15) is 0 Å². The smallest absolute Gasteiger partial charge is 0.337 e. The number of nitrogens with one attached hydrogen (secondary N) is 1. The second kappa shape index (κ2) is 7.49. The van der Waals surface area contributed by atoms with Crippen molar-refractivity contribution in [3.05, 3.63) is 23.8 Å². The van der Waals surface area contributed by atoms with E-state index in [9.17, 15) is 15.0 Å². The molecule has 3 N–H and O–H groups in total. The van der Waals surface area contributed by atoms with E-state index in [1.165, 1.54) is 0 Å². The Hall–Kier alpha value is -1.50. The minimum atomic E-state index is -1.01. The van der Waals surface area contributed by atoms with E-state index in [0.29, 0.717) is 18.9 Å². The Kier molecular flexibility index (Phi) is 5.67. The van der Waals surface area contributed by atoms with Gasteiger partial charge < -0.3 is 25.2 Å². The molecule has 1 aliphatic heterocycles. The van der Waals surface area contributed by atoms with E-state index in [-0.39, 0.29) is 18.0 Å². The monoisotopic (exact) mass is 314 g/mol. The number of ether oxygens (including phenoxy) is 1. The number of alkyl halides is 1. The minimum absolute atomic E-state index is 0.0958. The van der Waals surface area contributed by atoms with E-state index < -0.39 is 12.1 Å². The number of rotatable bonds is 6. The first-order valence-corrected chi connectivity index (χ1v) is 7.33. The number of halogens is 1. The first-order valence-electron chi connectivity index (χ1n) is 6.79. The van der Waals surface area contributed by atoms with E-state index in [1.54, 1.807) is 18.2 Å². The van der Waals surface area contributed by atoms with Gasteiger partial charge in [-0.2, -0.15) is 0 Å². The molecule has 7 heteroatoms. The van der Waals surface area contributed by atoms with Gasteiger partial charge in [0.25, 0.3) is 0 Å². The molecule has 21 heavy (non-hydrogen) atoms. The highest BCUT2D eigenvalue weighted by atomic mass is 35.5. The molecule has 1 fully saturated rings. The molecule has 1 aliphatic rings. The third-order valence-electron chi connectivity index (χ3n) is 3.32. The Morgan fingerprint density at radius 1 is 1.43 bits per heavy atom. The fourth-order valence-electron chi connectivity index (χ4n) is 2.17. The lowest BCUT2D eigenvalue weighted by atomic mass is 10.1. The number of carboxylic acid groups (broad SMARTS) is 1. The van der Waals surface area contributed by atoms with Gasteiger partial charge in [-0.3, -0.25) is 0 Å². The van der Waals surface area contributed by atoms with Crippen molar-refractivity contribution in [2.75, 3.05) is 48.9 Å². The van der Waals surface area contributed by atoms with Crippen LogP contribution in [0.1, 0.15) is 10.4 Å². The van der Waals surface area contributed by atoms with Crippen LogP contribution in [0.3, 0.4) is 0 Å². The maximum absolute atomic E-state index is 11.3. The molecule has 0 amide bonds. The fraction of sp³-hybridized carbons (Fsp3) is 0.500. The maximum Gasteiger partial charge on any atom is 0.337 e. The predicted molar refractivity (Wildman–Crippen MR) is 81.6 cm³/mol. The molecule has 0 aromatic heterocycles. The molecule has 1 saturated heterocycles. The van der Waals surface area contributed by atoms with Crippen molar-refractivity contribution in [2.24, 2.45) is 0 Å². The lowest BCUT2D eigenvalue weighted by Crippen LogP contribution is -2.36. The van der Waals surface area contributed by atoms with E-state index in [2.05, 4.69) is 10.2 Å². The third kappa shape index (κ3) is 4.23. The van der Waals surface area contributed by atoms with Crippen LogP contribution in [0.5, 0.6) is 0 Å². The van der Waals surface area contributed by atoms with Crippen LogP contribution in [0.25, 0.3) is 0 Å². The molecular weight excluding hydrogens is 296 g/mol. The predicted octanol–water partition coefficient (Wildman–Crippen LogP) is 1.23. The lowest BCUT2D eigenvalue weighted by molar-refractivity contribution is 0.0697. The Labute approximate surface area is 128 Å². The molecular formula is C14H19ClN2O4. The van der Waals surface area contributed by atoms with Crippen LogP contribution in [-0.4, -0.2) is 61.0 Å². The van der Waals surface area contributed by atoms with Crippen LogP contribution >= 0.6 is 11.6 Å². The van der Waals surface area contributed by atoms with Gasteiger partial charge in [0, 0.05) is 25.3 Å². The number of aliphatic hydroxyl groups excluding tert-OH is 1. The van der Waals surface area contributed by atoms with Crippen molar-refractivity contribution >= 4 is 28.9 Å². The minimum Gasteiger partial charge on any atom is -0.478 e. The van der Waals surface area contributed by atoms with Crippen molar-refractivity contribution in [1.29, 1.82) is 0 Å². The number of nitrogens with zero attached hydrogens (tertiary/aromatic N) is 1. The quantitative estimate of drug-likeness (QED) is 0.685. The van der Waals surface area contributed by atoms with Crippen LogP contribution in [0, 0.1) is 0 Å². The van der Waals surface area contributed by atoms with E-state index >= 15 is 0 Å². The summed E-state index contributed by atoms with van der Waals surface area (Å²) in [7, 11) is 0. The molecule has 0 spiro atoms. The van der Waals surface area contributed by atoms with Crippen molar-refractivity contribution in [1.82, 2.24) is 0 Å². The SMILES string of the molecule is O=C(O)c1ccc(N2CCOCC2)cc1NCC(O)CCl. The Morgan fingerprint density at radius 3 is 2.76 bits per heavy atom. The summed E-state index contributed by atoms with van der Waals surface area (Å²) in [6.07, 6.45) is -0.722. The molecule has 0 saturated carbocycles. The van der Waals surface area contributed by atoms with Gasteiger partial charge in [-0.25, -0.2) is 4.79 Å². The average molecular weight is 315 g/mol. The van der Waals surface area contributed by atoms with Crippen LogP contribution in [-0.2, 0) is 4.74 Å². The molecule has 6 nitrogen and oxygen atoms in total. The molecule has 1 aromatic rings. The van der Waals surface area contributed by atoms with Gasteiger partial charge in [-0.1, -0.05) is 0 Å². The number of aromatic carboxylic acids is 1. The molecule has 1 heterocycles. The van der Waals surface area contributed by atoms with Crippen molar-refractivity contribution in [2.45, 2.75) is 6.10 Å². The summed E-state index contributed by atoms with van der Waals surface area (Å²) in [4.78, 5) is 13.4. The summed E-state index contributed by atoms with van der Waals surface area (Å²) in [5.74, 6) is -0.912. The number of aliphatic hydroxyl groups is 1. The average Bonchev–Trinajstić information content (AvgIpc) is 2.53. The Bertz CT molecular complexity index is 492.